The van der Waals surface area contributed by atoms with Gasteiger partial charge in [-0.3, -0.25) is 0 Å². The third kappa shape index (κ3) is 1.85. The molecule has 1 aliphatic carbocycles. The zero-order chi connectivity index (χ0) is 13.7. The van der Waals surface area contributed by atoms with Crippen LogP contribution in [0.2, 0.25) is 0 Å². The Balaban J connectivity index is 2.05. The quantitative estimate of drug-likeness (QED) is 0.901. The molecule has 0 saturated heterocycles. The van der Waals surface area contributed by atoms with Gasteiger partial charge in [-0.25, -0.2) is 18.2 Å². The molecule has 3 rings (SSSR count). The lowest BCUT2D eigenvalue weighted by Crippen LogP contribution is -2.28. The lowest BCUT2D eigenvalue weighted by molar-refractivity contribution is 0.579. The average molecular weight is 278 g/mol. The molecule has 1 aromatic carbocycles. The van der Waals surface area contributed by atoms with Crippen molar-refractivity contribution in [2.75, 3.05) is 0 Å². The molecule has 0 unspecified atom stereocenters. The maximum Gasteiger partial charge on any atom is 0.220 e. The average Bonchev–Trinajstić information content (AvgIpc) is 3.03. The van der Waals surface area contributed by atoms with Crippen LogP contribution in [-0.4, -0.2) is 23.4 Å². The van der Waals surface area contributed by atoms with Crippen molar-refractivity contribution >= 4 is 10.0 Å². The Bertz CT molecular complexity index is 732. The summed E-state index contributed by atoms with van der Waals surface area (Å²) in [4.78, 5) is 0. The van der Waals surface area contributed by atoms with E-state index >= 15 is 0 Å². The highest BCUT2D eigenvalue weighted by atomic mass is 32.2. The van der Waals surface area contributed by atoms with Crippen molar-refractivity contribution in [2.24, 2.45) is 5.14 Å². The summed E-state index contributed by atoms with van der Waals surface area (Å²) in [6.07, 6.45) is 2.68. The molecule has 1 heterocycles. The summed E-state index contributed by atoms with van der Waals surface area (Å²) in [6.45, 7) is 1.96. The summed E-state index contributed by atoms with van der Waals surface area (Å²) in [5.41, 5.74) is 2.35. The van der Waals surface area contributed by atoms with E-state index in [2.05, 4.69) is 10.3 Å². The number of nitrogens with zero attached hydrogens (tertiary/aromatic N) is 3. The maximum atomic E-state index is 11.6. The maximum absolute atomic E-state index is 11.6. The number of primary sulfonamides is 1. The Morgan fingerprint density at radius 2 is 2.00 bits per heavy atom. The molecule has 6 nitrogen and oxygen atoms in total. The van der Waals surface area contributed by atoms with Gasteiger partial charge in [0.2, 0.25) is 10.0 Å². The molecule has 100 valence electrons. The van der Waals surface area contributed by atoms with Gasteiger partial charge in [-0.05, 0) is 31.4 Å². The SMILES string of the molecule is Cc1ccccc1-n1cc(C2(S(N)(=O)=O)CC2)nn1. The molecule has 19 heavy (non-hydrogen) atoms. The van der Waals surface area contributed by atoms with E-state index in [1.54, 1.807) is 10.9 Å². The van der Waals surface area contributed by atoms with E-state index in [0.29, 0.717) is 18.5 Å². The van der Waals surface area contributed by atoms with E-state index in [4.69, 9.17) is 5.14 Å². The Labute approximate surface area is 111 Å². The van der Waals surface area contributed by atoms with E-state index in [0.717, 1.165) is 11.3 Å². The van der Waals surface area contributed by atoms with Gasteiger partial charge in [0.15, 0.2) is 0 Å². The highest BCUT2D eigenvalue weighted by Crippen LogP contribution is 2.50. The minimum Gasteiger partial charge on any atom is -0.228 e. The standard InChI is InChI=1S/C12H14N4O2S/c1-9-4-2-3-5-10(9)16-8-11(14-15-16)12(6-7-12)19(13,17)18/h2-5,8H,6-7H2,1H3,(H2,13,17,18). The fraction of sp³-hybridized carbons (Fsp3) is 0.333. The summed E-state index contributed by atoms with van der Waals surface area (Å²) in [6, 6.07) is 7.70. The molecular formula is C12H14N4O2S. The smallest absolute Gasteiger partial charge is 0.220 e. The zero-order valence-electron chi connectivity index (χ0n) is 10.4. The van der Waals surface area contributed by atoms with Crippen LogP contribution < -0.4 is 5.14 Å². The van der Waals surface area contributed by atoms with Gasteiger partial charge < -0.3 is 0 Å². The minimum absolute atomic E-state index is 0.429. The van der Waals surface area contributed by atoms with Gasteiger partial charge in [0.05, 0.1) is 11.9 Å². The number of hydrogen-bond acceptors (Lipinski definition) is 4. The van der Waals surface area contributed by atoms with Crippen LogP contribution in [0.3, 0.4) is 0 Å². The Morgan fingerprint density at radius 3 is 2.58 bits per heavy atom. The lowest BCUT2D eigenvalue weighted by atomic mass is 10.2. The minimum atomic E-state index is -3.64. The van der Waals surface area contributed by atoms with Crippen LogP contribution in [0.15, 0.2) is 30.5 Å². The molecule has 0 radical (unpaired) electrons. The second-order valence-corrected chi connectivity index (χ2v) is 6.75. The Hall–Kier alpha value is -1.73. The van der Waals surface area contributed by atoms with Gasteiger partial charge in [-0.15, -0.1) is 5.10 Å². The van der Waals surface area contributed by atoms with Gasteiger partial charge in [0.25, 0.3) is 0 Å². The normalized spacial score (nSPS) is 17.4. The zero-order valence-corrected chi connectivity index (χ0v) is 11.3. The molecule has 1 aliphatic rings. The van der Waals surface area contributed by atoms with Gasteiger partial charge in [0, 0.05) is 0 Å². The van der Waals surface area contributed by atoms with Crippen LogP contribution >= 0.6 is 0 Å². The number of rotatable bonds is 3. The van der Waals surface area contributed by atoms with Crippen LogP contribution in [0.1, 0.15) is 24.1 Å². The van der Waals surface area contributed by atoms with Crippen LogP contribution in [0, 0.1) is 6.92 Å². The fourth-order valence-corrected chi connectivity index (χ4v) is 3.27. The molecule has 0 bridgehead atoms. The van der Waals surface area contributed by atoms with Crippen molar-refractivity contribution in [1.29, 1.82) is 0 Å². The molecule has 0 amide bonds. The number of sulfonamides is 1. The molecule has 0 atom stereocenters. The first-order valence-corrected chi connectivity index (χ1v) is 7.50. The predicted octanol–water partition coefficient (Wildman–Crippen LogP) is 0.853. The molecule has 7 heteroatoms. The summed E-state index contributed by atoms with van der Waals surface area (Å²) < 4.78 is 23.8. The predicted molar refractivity (Wildman–Crippen MR) is 70.1 cm³/mol. The number of nitrogens with two attached hydrogens (primary N) is 1. The molecule has 1 aromatic heterocycles. The van der Waals surface area contributed by atoms with Crippen molar-refractivity contribution in [3.05, 3.63) is 41.7 Å². The summed E-state index contributed by atoms with van der Waals surface area (Å²) in [5.74, 6) is 0. The molecule has 2 N–H and O–H groups in total. The lowest BCUT2D eigenvalue weighted by Gasteiger charge is -2.08. The molecule has 0 spiro atoms. The first kappa shape index (κ1) is 12.3. The van der Waals surface area contributed by atoms with Crippen molar-refractivity contribution < 1.29 is 8.42 Å². The monoisotopic (exact) mass is 278 g/mol. The van der Waals surface area contributed by atoms with Crippen LogP contribution in [0.4, 0.5) is 0 Å². The third-order valence-electron chi connectivity index (χ3n) is 3.57. The number of hydrogen-bond donors (Lipinski definition) is 1. The first-order chi connectivity index (χ1) is 8.94. The van der Waals surface area contributed by atoms with Crippen molar-refractivity contribution in [1.82, 2.24) is 15.0 Å². The van der Waals surface area contributed by atoms with Crippen molar-refractivity contribution in [3.63, 3.8) is 0 Å². The molecular weight excluding hydrogens is 264 g/mol. The number of para-hydroxylation sites is 1. The van der Waals surface area contributed by atoms with E-state index < -0.39 is 14.8 Å². The van der Waals surface area contributed by atoms with Gasteiger partial charge in [0.1, 0.15) is 10.4 Å². The van der Waals surface area contributed by atoms with E-state index in [9.17, 15) is 8.42 Å². The second-order valence-electron chi connectivity index (χ2n) is 4.87. The van der Waals surface area contributed by atoms with Crippen molar-refractivity contribution in [2.45, 2.75) is 24.5 Å². The molecule has 1 fully saturated rings. The Morgan fingerprint density at radius 1 is 1.32 bits per heavy atom. The second kappa shape index (κ2) is 3.88. The van der Waals surface area contributed by atoms with Crippen LogP contribution in [-0.2, 0) is 14.8 Å². The van der Waals surface area contributed by atoms with Gasteiger partial charge >= 0.3 is 0 Å². The summed E-state index contributed by atoms with van der Waals surface area (Å²) in [7, 11) is -3.64. The summed E-state index contributed by atoms with van der Waals surface area (Å²) >= 11 is 0. The molecule has 2 aromatic rings. The molecule has 1 saturated carbocycles. The fourth-order valence-electron chi connectivity index (χ4n) is 2.21. The Kier molecular flexibility index (Phi) is 2.51. The largest absolute Gasteiger partial charge is 0.228 e. The topological polar surface area (TPSA) is 90.9 Å². The van der Waals surface area contributed by atoms with Crippen LogP contribution in [0.5, 0.6) is 0 Å². The highest BCUT2D eigenvalue weighted by molar-refractivity contribution is 7.90. The summed E-state index contributed by atoms with van der Waals surface area (Å²) in [5, 5.41) is 13.3. The first-order valence-electron chi connectivity index (χ1n) is 5.95. The number of benzene rings is 1. The van der Waals surface area contributed by atoms with E-state index in [1.807, 2.05) is 31.2 Å². The number of aromatic nitrogens is 3. The van der Waals surface area contributed by atoms with Crippen molar-refractivity contribution in [3.8, 4) is 5.69 Å². The van der Waals surface area contributed by atoms with Gasteiger partial charge in [-0.1, -0.05) is 23.4 Å². The van der Waals surface area contributed by atoms with Crippen LogP contribution in [0.25, 0.3) is 5.69 Å². The van der Waals surface area contributed by atoms with E-state index in [1.165, 1.54) is 0 Å². The third-order valence-corrected chi connectivity index (χ3v) is 5.28. The molecule has 0 aliphatic heterocycles. The number of aryl methyl sites for hydroxylation is 1. The highest BCUT2D eigenvalue weighted by Gasteiger charge is 2.56. The van der Waals surface area contributed by atoms with Gasteiger partial charge in [-0.2, -0.15) is 0 Å². The van der Waals surface area contributed by atoms with E-state index in [-0.39, 0.29) is 0 Å².